The van der Waals surface area contributed by atoms with Gasteiger partial charge in [-0.05, 0) is 18.9 Å². The Balaban J connectivity index is 2.29. The van der Waals surface area contributed by atoms with E-state index in [0.29, 0.717) is 16.9 Å². The van der Waals surface area contributed by atoms with Crippen LogP contribution < -0.4 is 5.73 Å². The summed E-state index contributed by atoms with van der Waals surface area (Å²) in [6.07, 6.45) is 3.66. The second-order valence-electron chi connectivity index (χ2n) is 4.23. The third-order valence-electron chi connectivity index (χ3n) is 3.22. The fraction of sp³-hybridized carbons (Fsp3) is 0.333. The summed E-state index contributed by atoms with van der Waals surface area (Å²) in [5.41, 5.74) is 7.57. The predicted molar refractivity (Wildman–Crippen MR) is 65.6 cm³/mol. The van der Waals surface area contributed by atoms with Gasteiger partial charge >= 0.3 is 0 Å². The normalized spacial score (nSPS) is 16.3. The monoisotopic (exact) mass is 233 g/mol. The summed E-state index contributed by atoms with van der Waals surface area (Å²) in [6, 6.07) is 5.79. The molecule has 16 heavy (non-hydrogen) atoms. The van der Waals surface area contributed by atoms with Crippen molar-refractivity contribution in [3.8, 4) is 0 Å². The fourth-order valence-corrected chi connectivity index (χ4v) is 2.37. The summed E-state index contributed by atoms with van der Waals surface area (Å²) in [7, 11) is 0. The van der Waals surface area contributed by atoms with Crippen LogP contribution in [0.25, 0.3) is 10.9 Å². The lowest BCUT2D eigenvalue weighted by molar-refractivity contribution is 0.414. The molecule has 0 bridgehead atoms. The first-order valence-corrected chi connectivity index (χ1v) is 5.85. The van der Waals surface area contributed by atoms with E-state index in [0.717, 1.165) is 16.6 Å². The van der Waals surface area contributed by atoms with Crippen molar-refractivity contribution in [2.24, 2.45) is 0 Å². The highest BCUT2D eigenvalue weighted by Gasteiger charge is 2.24. The van der Waals surface area contributed by atoms with Crippen molar-refractivity contribution in [2.75, 3.05) is 5.73 Å². The van der Waals surface area contributed by atoms with Gasteiger partial charge in [0.15, 0.2) is 0 Å². The first-order chi connectivity index (χ1) is 7.75. The molecule has 4 heteroatoms. The Bertz CT molecular complexity index is 549. The van der Waals surface area contributed by atoms with E-state index in [1.807, 2.05) is 18.2 Å². The second-order valence-corrected chi connectivity index (χ2v) is 4.64. The zero-order chi connectivity index (χ0) is 11.1. The average molecular weight is 234 g/mol. The van der Waals surface area contributed by atoms with E-state index in [9.17, 15) is 0 Å². The van der Waals surface area contributed by atoms with Gasteiger partial charge in [0, 0.05) is 11.3 Å². The molecule has 82 valence electrons. The van der Waals surface area contributed by atoms with Crippen molar-refractivity contribution < 1.29 is 0 Å². The summed E-state index contributed by atoms with van der Waals surface area (Å²) in [6.45, 7) is 0. The van der Waals surface area contributed by atoms with Gasteiger partial charge in [-0.15, -0.1) is 0 Å². The Morgan fingerprint density at radius 2 is 2.06 bits per heavy atom. The number of nitrogens with zero attached hydrogens (tertiary/aromatic N) is 2. The van der Waals surface area contributed by atoms with Crippen molar-refractivity contribution in [3.05, 3.63) is 28.9 Å². The second kappa shape index (κ2) is 3.59. The van der Waals surface area contributed by atoms with E-state index in [2.05, 4.69) is 9.97 Å². The lowest BCUT2D eigenvalue weighted by Gasteiger charge is -2.25. The molecule has 1 heterocycles. The van der Waals surface area contributed by atoms with Crippen LogP contribution in [0.15, 0.2) is 18.2 Å². The molecular formula is C12H12ClN3. The quantitative estimate of drug-likeness (QED) is 0.823. The molecule has 3 rings (SSSR count). The Morgan fingerprint density at radius 1 is 1.25 bits per heavy atom. The number of para-hydroxylation sites is 1. The number of nitrogen functional groups attached to an aromatic ring is 1. The number of benzene rings is 1. The highest BCUT2D eigenvalue weighted by molar-refractivity contribution is 6.35. The minimum absolute atomic E-state index is 0.322. The largest absolute Gasteiger partial charge is 0.368 e. The van der Waals surface area contributed by atoms with Crippen molar-refractivity contribution in [2.45, 2.75) is 25.2 Å². The van der Waals surface area contributed by atoms with Gasteiger partial charge < -0.3 is 5.73 Å². The summed E-state index contributed by atoms with van der Waals surface area (Å²) in [4.78, 5) is 8.58. The molecule has 2 N–H and O–H groups in total. The molecular weight excluding hydrogens is 222 g/mol. The molecule has 1 saturated carbocycles. The van der Waals surface area contributed by atoms with Gasteiger partial charge in [-0.2, -0.15) is 0 Å². The number of hydrogen-bond donors (Lipinski definition) is 1. The molecule has 0 saturated heterocycles. The van der Waals surface area contributed by atoms with Crippen LogP contribution in [0.1, 0.15) is 30.9 Å². The van der Waals surface area contributed by atoms with Crippen LogP contribution in [0.3, 0.4) is 0 Å². The van der Waals surface area contributed by atoms with Crippen molar-refractivity contribution in [3.63, 3.8) is 0 Å². The zero-order valence-electron chi connectivity index (χ0n) is 8.78. The van der Waals surface area contributed by atoms with Crippen LogP contribution in [0.5, 0.6) is 0 Å². The third-order valence-corrected chi connectivity index (χ3v) is 3.52. The summed E-state index contributed by atoms with van der Waals surface area (Å²) in [5.74, 6) is 0.855. The predicted octanol–water partition coefficient (Wildman–Crippen LogP) is 3.13. The van der Waals surface area contributed by atoms with Gasteiger partial charge in [-0.1, -0.05) is 30.2 Å². The first-order valence-electron chi connectivity index (χ1n) is 5.47. The van der Waals surface area contributed by atoms with Gasteiger partial charge in [-0.3, -0.25) is 0 Å². The average Bonchev–Trinajstić information content (AvgIpc) is 2.17. The van der Waals surface area contributed by atoms with Gasteiger partial charge in [-0.25, -0.2) is 9.97 Å². The molecule has 1 aliphatic carbocycles. The molecule has 1 fully saturated rings. The minimum atomic E-state index is 0.322. The molecule has 2 aromatic rings. The molecule has 0 amide bonds. The minimum Gasteiger partial charge on any atom is -0.368 e. The number of fused-ring (bicyclic) bond motifs is 1. The number of anilines is 1. The van der Waals surface area contributed by atoms with E-state index < -0.39 is 0 Å². The SMILES string of the molecule is Nc1nc(C2CCC2)c2cccc(Cl)c2n1. The number of rotatable bonds is 1. The highest BCUT2D eigenvalue weighted by atomic mass is 35.5. The smallest absolute Gasteiger partial charge is 0.220 e. The number of nitrogens with two attached hydrogens (primary N) is 1. The summed E-state index contributed by atoms with van der Waals surface area (Å²) in [5, 5.41) is 1.69. The lowest BCUT2D eigenvalue weighted by Crippen LogP contribution is -2.13. The Kier molecular flexibility index (Phi) is 2.21. The Morgan fingerprint density at radius 3 is 2.75 bits per heavy atom. The van der Waals surface area contributed by atoms with Crippen molar-refractivity contribution >= 4 is 28.5 Å². The molecule has 0 aliphatic heterocycles. The number of aromatic nitrogens is 2. The van der Waals surface area contributed by atoms with Crippen LogP contribution >= 0.6 is 11.6 Å². The van der Waals surface area contributed by atoms with E-state index in [-0.39, 0.29) is 0 Å². The van der Waals surface area contributed by atoms with E-state index >= 15 is 0 Å². The van der Waals surface area contributed by atoms with Crippen LogP contribution in [0.2, 0.25) is 5.02 Å². The lowest BCUT2D eigenvalue weighted by atomic mass is 9.81. The van der Waals surface area contributed by atoms with E-state index in [1.165, 1.54) is 19.3 Å². The Hall–Kier alpha value is -1.35. The maximum Gasteiger partial charge on any atom is 0.220 e. The zero-order valence-corrected chi connectivity index (χ0v) is 9.54. The van der Waals surface area contributed by atoms with Crippen LogP contribution in [-0.4, -0.2) is 9.97 Å². The molecule has 0 unspecified atom stereocenters. The number of halogens is 1. The highest BCUT2D eigenvalue weighted by Crippen LogP contribution is 2.39. The van der Waals surface area contributed by atoms with Gasteiger partial charge in [0.25, 0.3) is 0 Å². The maximum atomic E-state index is 6.12. The van der Waals surface area contributed by atoms with Crippen molar-refractivity contribution in [1.29, 1.82) is 0 Å². The fourth-order valence-electron chi connectivity index (χ4n) is 2.15. The number of hydrogen-bond acceptors (Lipinski definition) is 3. The molecule has 1 aliphatic rings. The maximum absolute atomic E-state index is 6.12. The standard InChI is InChI=1S/C12H12ClN3/c13-9-6-2-5-8-10(7-3-1-4-7)15-12(14)16-11(8)9/h2,5-7H,1,3-4H2,(H2,14,15,16). The van der Waals surface area contributed by atoms with Gasteiger partial charge in [0.2, 0.25) is 5.95 Å². The molecule has 0 radical (unpaired) electrons. The molecule has 3 nitrogen and oxygen atoms in total. The Labute approximate surface area is 98.6 Å². The summed E-state index contributed by atoms with van der Waals surface area (Å²) < 4.78 is 0. The van der Waals surface area contributed by atoms with Crippen LogP contribution in [0, 0.1) is 0 Å². The third kappa shape index (κ3) is 1.43. The molecule has 0 atom stereocenters. The molecule has 1 aromatic carbocycles. The van der Waals surface area contributed by atoms with E-state index in [1.54, 1.807) is 0 Å². The molecule has 1 aromatic heterocycles. The first kappa shape index (κ1) is 9.85. The molecule has 0 spiro atoms. The van der Waals surface area contributed by atoms with Gasteiger partial charge in [0.1, 0.15) is 0 Å². The summed E-state index contributed by atoms with van der Waals surface area (Å²) >= 11 is 6.12. The van der Waals surface area contributed by atoms with E-state index in [4.69, 9.17) is 17.3 Å². The topological polar surface area (TPSA) is 51.8 Å². The van der Waals surface area contributed by atoms with Crippen LogP contribution in [-0.2, 0) is 0 Å². The van der Waals surface area contributed by atoms with Gasteiger partial charge in [0.05, 0.1) is 16.2 Å². The van der Waals surface area contributed by atoms with Crippen LogP contribution in [0.4, 0.5) is 5.95 Å². The van der Waals surface area contributed by atoms with Crippen molar-refractivity contribution in [1.82, 2.24) is 9.97 Å².